The van der Waals surface area contributed by atoms with Crippen LogP contribution < -0.4 is 5.32 Å². The fourth-order valence-electron chi connectivity index (χ4n) is 3.65. The summed E-state index contributed by atoms with van der Waals surface area (Å²) >= 11 is 0. The standard InChI is InChI=1S/C26H20FN3O/c1-18-22(15-20(16-28)26(31)29-24-13-7-6-12-23(24)27)21-11-5-8-14-25(21)30(18)17-19-9-3-2-4-10-19/h2-15H,17H2,1H3,(H,29,31)/b20-15+. The predicted molar refractivity (Wildman–Crippen MR) is 121 cm³/mol. The van der Waals surface area contributed by atoms with Crippen molar-refractivity contribution in [3.63, 3.8) is 0 Å². The van der Waals surface area contributed by atoms with Crippen LogP contribution in [0.15, 0.2) is 84.4 Å². The van der Waals surface area contributed by atoms with E-state index < -0.39 is 11.7 Å². The number of hydrogen-bond donors (Lipinski definition) is 1. The van der Waals surface area contributed by atoms with E-state index in [1.807, 2.05) is 55.5 Å². The first-order valence-corrected chi connectivity index (χ1v) is 9.88. The number of benzene rings is 3. The summed E-state index contributed by atoms with van der Waals surface area (Å²) in [6.45, 7) is 2.64. The molecule has 1 heterocycles. The van der Waals surface area contributed by atoms with Crippen molar-refractivity contribution in [2.24, 2.45) is 0 Å². The average Bonchev–Trinajstić information content (AvgIpc) is 3.05. The molecular weight excluding hydrogens is 389 g/mol. The van der Waals surface area contributed by atoms with Gasteiger partial charge in [0.25, 0.3) is 5.91 Å². The van der Waals surface area contributed by atoms with E-state index in [0.29, 0.717) is 6.54 Å². The van der Waals surface area contributed by atoms with Crippen LogP contribution >= 0.6 is 0 Å². The lowest BCUT2D eigenvalue weighted by atomic mass is 10.1. The zero-order valence-electron chi connectivity index (χ0n) is 17.0. The average molecular weight is 409 g/mol. The van der Waals surface area contributed by atoms with Crippen molar-refractivity contribution in [2.75, 3.05) is 5.32 Å². The molecule has 31 heavy (non-hydrogen) atoms. The van der Waals surface area contributed by atoms with E-state index in [-0.39, 0.29) is 11.3 Å². The van der Waals surface area contributed by atoms with Crippen LogP contribution in [0, 0.1) is 24.1 Å². The number of amides is 1. The number of halogens is 1. The number of nitrogens with one attached hydrogen (secondary N) is 1. The molecule has 0 aliphatic carbocycles. The maximum Gasteiger partial charge on any atom is 0.266 e. The molecule has 152 valence electrons. The third-order valence-corrected chi connectivity index (χ3v) is 5.24. The largest absolute Gasteiger partial charge is 0.340 e. The quantitative estimate of drug-likeness (QED) is 0.340. The number of nitriles is 1. The van der Waals surface area contributed by atoms with Crippen LogP contribution in [-0.4, -0.2) is 10.5 Å². The zero-order chi connectivity index (χ0) is 21.8. The highest BCUT2D eigenvalue weighted by Crippen LogP contribution is 2.29. The molecule has 1 amide bonds. The predicted octanol–water partition coefficient (Wildman–Crippen LogP) is 5.68. The van der Waals surface area contributed by atoms with E-state index in [0.717, 1.165) is 27.7 Å². The van der Waals surface area contributed by atoms with Gasteiger partial charge in [-0.2, -0.15) is 5.26 Å². The number of fused-ring (bicyclic) bond motifs is 1. The minimum Gasteiger partial charge on any atom is -0.340 e. The first-order chi connectivity index (χ1) is 15.1. The van der Waals surface area contributed by atoms with Crippen LogP contribution in [0.25, 0.3) is 17.0 Å². The Morgan fingerprint density at radius 3 is 2.45 bits per heavy atom. The van der Waals surface area contributed by atoms with Crippen molar-refractivity contribution in [1.82, 2.24) is 4.57 Å². The molecule has 0 saturated heterocycles. The van der Waals surface area contributed by atoms with Gasteiger partial charge in [0.05, 0.1) is 5.69 Å². The Morgan fingerprint density at radius 1 is 1.03 bits per heavy atom. The Kier molecular flexibility index (Phi) is 5.63. The third-order valence-electron chi connectivity index (χ3n) is 5.24. The summed E-state index contributed by atoms with van der Waals surface area (Å²) in [5, 5.41) is 13.1. The van der Waals surface area contributed by atoms with Gasteiger partial charge < -0.3 is 9.88 Å². The van der Waals surface area contributed by atoms with Gasteiger partial charge in [0.1, 0.15) is 17.5 Å². The third kappa shape index (κ3) is 4.10. The van der Waals surface area contributed by atoms with E-state index >= 15 is 0 Å². The normalized spacial score (nSPS) is 11.3. The Morgan fingerprint density at radius 2 is 1.71 bits per heavy atom. The molecule has 0 spiro atoms. The van der Waals surface area contributed by atoms with Gasteiger partial charge in [0, 0.05) is 28.7 Å². The van der Waals surface area contributed by atoms with Crippen LogP contribution in [-0.2, 0) is 11.3 Å². The molecule has 4 nitrogen and oxygen atoms in total. The van der Waals surface area contributed by atoms with Crippen molar-refractivity contribution >= 4 is 28.6 Å². The van der Waals surface area contributed by atoms with Crippen LogP contribution in [0.3, 0.4) is 0 Å². The summed E-state index contributed by atoms with van der Waals surface area (Å²) in [5.74, 6) is -1.20. The first-order valence-electron chi connectivity index (χ1n) is 9.88. The SMILES string of the molecule is Cc1c(/C=C(\C#N)C(=O)Nc2ccccc2F)c2ccccc2n1Cc1ccccc1. The molecule has 5 heteroatoms. The summed E-state index contributed by atoms with van der Waals surface area (Å²) in [6.07, 6.45) is 1.58. The van der Waals surface area contributed by atoms with E-state index in [9.17, 15) is 14.4 Å². The summed E-state index contributed by atoms with van der Waals surface area (Å²) < 4.78 is 16.1. The number of anilines is 1. The number of aromatic nitrogens is 1. The van der Waals surface area contributed by atoms with E-state index in [4.69, 9.17) is 0 Å². The van der Waals surface area contributed by atoms with Gasteiger partial charge >= 0.3 is 0 Å². The number of carbonyl (C=O) groups is 1. The van der Waals surface area contributed by atoms with Crippen LogP contribution in [0.1, 0.15) is 16.8 Å². The topological polar surface area (TPSA) is 57.8 Å². The number of rotatable bonds is 5. The van der Waals surface area contributed by atoms with Crippen molar-refractivity contribution in [3.05, 3.63) is 107 Å². The molecule has 1 aromatic heterocycles. The highest BCUT2D eigenvalue weighted by molar-refractivity contribution is 6.11. The fraction of sp³-hybridized carbons (Fsp3) is 0.0769. The van der Waals surface area contributed by atoms with Gasteiger partial charge in [-0.25, -0.2) is 4.39 Å². The molecule has 0 bridgehead atoms. The highest BCUT2D eigenvalue weighted by atomic mass is 19.1. The van der Waals surface area contributed by atoms with Gasteiger partial charge in [-0.1, -0.05) is 60.7 Å². The van der Waals surface area contributed by atoms with Crippen molar-refractivity contribution in [2.45, 2.75) is 13.5 Å². The highest BCUT2D eigenvalue weighted by Gasteiger charge is 2.17. The Balaban J connectivity index is 1.75. The maximum absolute atomic E-state index is 13.9. The lowest BCUT2D eigenvalue weighted by Crippen LogP contribution is -2.14. The van der Waals surface area contributed by atoms with E-state index in [2.05, 4.69) is 22.0 Å². The van der Waals surface area contributed by atoms with Gasteiger partial charge in [0.15, 0.2) is 0 Å². The molecule has 0 radical (unpaired) electrons. The molecule has 3 aromatic carbocycles. The molecule has 0 saturated carbocycles. The minimum atomic E-state index is -0.646. The zero-order valence-corrected chi connectivity index (χ0v) is 17.0. The summed E-state index contributed by atoms with van der Waals surface area (Å²) in [4.78, 5) is 12.7. The molecule has 0 aliphatic rings. The van der Waals surface area contributed by atoms with Crippen molar-refractivity contribution < 1.29 is 9.18 Å². The van der Waals surface area contributed by atoms with Crippen LogP contribution in [0.4, 0.5) is 10.1 Å². The first kappa shape index (κ1) is 20.1. The molecule has 0 fully saturated rings. The monoisotopic (exact) mass is 409 g/mol. The lowest BCUT2D eigenvalue weighted by Gasteiger charge is -2.09. The second kappa shape index (κ2) is 8.68. The van der Waals surface area contributed by atoms with E-state index in [1.165, 1.54) is 18.2 Å². The Bertz CT molecular complexity index is 1330. The maximum atomic E-state index is 13.9. The van der Waals surface area contributed by atoms with Crippen molar-refractivity contribution in [1.29, 1.82) is 5.26 Å². The number of para-hydroxylation sites is 2. The number of carbonyl (C=O) groups excluding carboxylic acids is 1. The molecule has 0 aliphatic heterocycles. The fourth-order valence-corrected chi connectivity index (χ4v) is 3.65. The molecule has 1 N–H and O–H groups in total. The van der Waals surface area contributed by atoms with Gasteiger partial charge in [0.2, 0.25) is 0 Å². The van der Waals surface area contributed by atoms with Gasteiger partial charge in [-0.15, -0.1) is 0 Å². The van der Waals surface area contributed by atoms with Crippen molar-refractivity contribution in [3.8, 4) is 6.07 Å². The summed E-state index contributed by atoms with van der Waals surface area (Å²) in [7, 11) is 0. The number of nitrogens with zero attached hydrogens (tertiary/aromatic N) is 2. The van der Waals surface area contributed by atoms with Gasteiger partial charge in [-0.3, -0.25) is 4.79 Å². The molecule has 4 rings (SSSR count). The lowest BCUT2D eigenvalue weighted by molar-refractivity contribution is -0.112. The van der Waals surface area contributed by atoms with Gasteiger partial charge in [-0.05, 0) is 36.8 Å². The van der Waals surface area contributed by atoms with Crippen LogP contribution in [0.2, 0.25) is 0 Å². The second-order valence-electron chi connectivity index (χ2n) is 7.19. The molecule has 4 aromatic rings. The molecular formula is C26H20FN3O. The smallest absolute Gasteiger partial charge is 0.266 e. The summed E-state index contributed by atoms with van der Waals surface area (Å²) in [6, 6.07) is 25.8. The Hall–Kier alpha value is -4.17. The second-order valence-corrected chi connectivity index (χ2v) is 7.19. The molecule has 0 unspecified atom stereocenters. The summed E-state index contributed by atoms with van der Waals surface area (Å²) in [5.41, 5.74) is 3.86. The Labute approximate surface area is 179 Å². The number of hydrogen-bond acceptors (Lipinski definition) is 2. The van der Waals surface area contributed by atoms with Crippen LogP contribution in [0.5, 0.6) is 0 Å². The minimum absolute atomic E-state index is 0.0388. The van der Waals surface area contributed by atoms with E-state index in [1.54, 1.807) is 12.1 Å². The molecule has 0 atom stereocenters.